The van der Waals surface area contributed by atoms with Crippen molar-refractivity contribution in [3.8, 4) is 0 Å². The van der Waals surface area contributed by atoms with Gasteiger partial charge in [0, 0.05) is 11.3 Å². The Balaban J connectivity index is 2.55. The lowest BCUT2D eigenvalue weighted by Gasteiger charge is -2.14. The van der Waals surface area contributed by atoms with Gasteiger partial charge < -0.3 is 4.74 Å². The summed E-state index contributed by atoms with van der Waals surface area (Å²) in [5, 5.41) is 0. The molecule has 0 amide bonds. The monoisotopic (exact) mass is 245 g/mol. The van der Waals surface area contributed by atoms with Crippen molar-refractivity contribution in [1.82, 2.24) is 4.98 Å². The zero-order chi connectivity index (χ0) is 13.1. The fourth-order valence-corrected chi connectivity index (χ4v) is 2.09. The standard InChI is InChI=1S/C14H17N2O2/c1-10-6-11(9-17)7-13(15-10)12-8-16(2)5-4-14(12)18-3/h6-9H,4-5H2,1-3H3/q+1. The Hall–Kier alpha value is -1.97. The average Bonchev–Trinajstić information content (AvgIpc) is 2.38. The number of methoxy groups -OCH3 is 1. The summed E-state index contributed by atoms with van der Waals surface area (Å²) in [7, 11) is 3.69. The Morgan fingerprint density at radius 2 is 2.22 bits per heavy atom. The van der Waals surface area contributed by atoms with E-state index in [-0.39, 0.29) is 0 Å². The topological polar surface area (TPSA) is 42.2 Å². The number of hydrogen-bond donors (Lipinski definition) is 0. The van der Waals surface area contributed by atoms with Gasteiger partial charge in [0.05, 0.1) is 19.2 Å². The first kappa shape index (κ1) is 12.5. The van der Waals surface area contributed by atoms with Gasteiger partial charge in [0.2, 0.25) is 0 Å². The van der Waals surface area contributed by atoms with E-state index < -0.39 is 0 Å². The normalized spacial score (nSPS) is 15.4. The number of aldehydes is 1. The highest BCUT2D eigenvalue weighted by atomic mass is 16.5. The second kappa shape index (κ2) is 5.12. The summed E-state index contributed by atoms with van der Waals surface area (Å²) in [6, 6.07) is 3.57. The SMILES string of the molecule is COC1=C(c2cc(C=O)cc(C)n2)C=[N+](C)CC1. The van der Waals surface area contributed by atoms with Crippen LogP contribution < -0.4 is 0 Å². The fourth-order valence-electron chi connectivity index (χ4n) is 2.09. The summed E-state index contributed by atoms with van der Waals surface area (Å²) < 4.78 is 7.51. The highest BCUT2D eigenvalue weighted by molar-refractivity contribution is 6.08. The van der Waals surface area contributed by atoms with Crippen LogP contribution in [0, 0.1) is 6.92 Å². The molecular formula is C14H17N2O2+. The summed E-state index contributed by atoms with van der Waals surface area (Å²) in [6.45, 7) is 2.81. The zero-order valence-electron chi connectivity index (χ0n) is 10.9. The van der Waals surface area contributed by atoms with Gasteiger partial charge in [-0.2, -0.15) is 0 Å². The quantitative estimate of drug-likeness (QED) is 0.601. The Bertz CT molecular complexity index is 545. The molecule has 18 heavy (non-hydrogen) atoms. The van der Waals surface area contributed by atoms with E-state index in [4.69, 9.17) is 4.74 Å². The number of allylic oxidation sites excluding steroid dienone is 1. The smallest absolute Gasteiger partial charge is 0.176 e. The molecule has 0 N–H and O–H groups in total. The van der Waals surface area contributed by atoms with Gasteiger partial charge in [-0.1, -0.05) is 0 Å². The van der Waals surface area contributed by atoms with E-state index in [1.807, 2.05) is 20.2 Å². The van der Waals surface area contributed by atoms with Crippen molar-refractivity contribution in [2.45, 2.75) is 13.3 Å². The highest BCUT2D eigenvalue weighted by Crippen LogP contribution is 2.22. The molecule has 0 atom stereocenters. The summed E-state index contributed by atoms with van der Waals surface area (Å²) in [4.78, 5) is 15.4. The maximum atomic E-state index is 10.9. The summed E-state index contributed by atoms with van der Waals surface area (Å²) in [5.41, 5.74) is 3.22. The predicted molar refractivity (Wildman–Crippen MR) is 70.0 cm³/mol. The lowest BCUT2D eigenvalue weighted by atomic mass is 10.0. The van der Waals surface area contributed by atoms with Gasteiger partial charge in [-0.15, -0.1) is 0 Å². The lowest BCUT2D eigenvalue weighted by molar-refractivity contribution is -0.492. The molecule has 2 heterocycles. The van der Waals surface area contributed by atoms with E-state index in [1.54, 1.807) is 19.2 Å². The first-order valence-corrected chi connectivity index (χ1v) is 5.90. The van der Waals surface area contributed by atoms with E-state index in [9.17, 15) is 4.79 Å². The van der Waals surface area contributed by atoms with Crippen LogP contribution in [0.2, 0.25) is 0 Å². The van der Waals surface area contributed by atoms with E-state index in [0.717, 1.165) is 42.0 Å². The molecule has 0 aliphatic carbocycles. The fraction of sp³-hybridized carbons (Fsp3) is 0.357. The molecular weight excluding hydrogens is 228 g/mol. The van der Waals surface area contributed by atoms with Gasteiger partial charge in [0.1, 0.15) is 31.2 Å². The molecule has 0 radical (unpaired) electrons. The van der Waals surface area contributed by atoms with Crippen molar-refractivity contribution in [2.24, 2.45) is 0 Å². The third-order valence-corrected chi connectivity index (χ3v) is 2.98. The molecule has 1 aromatic rings. The number of aromatic nitrogens is 1. The van der Waals surface area contributed by atoms with E-state index in [1.165, 1.54) is 0 Å². The van der Waals surface area contributed by atoms with Crippen molar-refractivity contribution >= 4 is 18.1 Å². The maximum absolute atomic E-state index is 10.9. The van der Waals surface area contributed by atoms with Gasteiger partial charge in [0.15, 0.2) is 6.21 Å². The van der Waals surface area contributed by atoms with Crippen LogP contribution in [0.4, 0.5) is 0 Å². The van der Waals surface area contributed by atoms with Crippen LogP contribution in [0.1, 0.15) is 28.2 Å². The first-order valence-electron chi connectivity index (χ1n) is 5.90. The van der Waals surface area contributed by atoms with E-state index >= 15 is 0 Å². The summed E-state index contributed by atoms with van der Waals surface area (Å²) in [6.07, 6.45) is 3.71. The van der Waals surface area contributed by atoms with Crippen LogP contribution in [0.15, 0.2) is 17.9 Å². The van der Waals surface area contributed by atoms with Crippen molar-refractivity contribution in [3.05, 3.63) is 34.8 Å². The minimum absolute atomic E-state index is 0.641. The molecule has 0 aromatic carbocycles. The largest absolute Gasteiger partial charge is 0.500 e. The van der Waals surface area contributed by atoms with Gasteiger partial charge in [-0.05, 0) is 19.1 Å². The Kier molecular flexibility index (Phi) is 3.55. The highest BCUT2D eigenvalue weighted by Gasteiger charge is 2.20. The van der Waals surface area contributed by atoms with Crippen LogP contribution in [-0.4, -0.2) is 42.8 Å². The van der Waals surface area contributed by atoms with Gasteiger partial charge in [-0.25, -0.2) is 4.58 Å². The molecule has 0 saturated heterocycles. The molecule has 94 valence electrons. The molecule has 1 aromatic heterocycles. The Morgan fingerprint density at radius 1 is 1.44 bits per heavy atom. The minimum Gasteiger partial charge on any atom is -0.500 e. The van der Waals surface area contributed by atoms with E-state index in [0.29, 0.717) is 5.56 Å². The summed E-state index contributed by atoms with van der Waals surface area (Å²) >= 11 is 0. The third-order valence-electron chi connectivity index (χ3n) is 2.98. The first-order chi connectivity index (χ1) is 8.63. The number of rotatable bonds is 3. The number of pyridine rings is 1. The van der Waals surface area contributed by atoms with Gasteiger partial charge >= 0.3 is 0 Å². The molecule has 2 rings (SSSR count). The minimum atomic E-state index is 0.641. The number of hydrogen-bond acceptors (Lipinski definition) is 3. The molecule has 1 aliphatic rings. The molecule has 4 nitrogen and oxygen atoms in total. The Labute approximate surface area is 107 Å². The lowest BCUT2D eigenvalue weighted by Crippen LogP contribution is -2.18. The van der Waals surface area contributed by atoms with E-state index in [2.05, 4.69) is 9.56 Å². The second-order valence-electron chi connectivity index (χ2n) is 4.45. The van der Waals surface area contributed by atoms with Crippen LogP contribution in [0.5, 0.6) is 0 Å². The zero-order valence-corrected chi connectivity index (χ0v) is 10.9. The molecule has 0 unspecified atom stereocenters. The van der Waals surface area contributed by atoms with Crippen LogP contribution >= 0.6 is 0 Å². The number of carbonyl (C=O) groups excluding carboxylic acids is 1. The molecule has 0 fully saturated rings. The summed E-state index contributed by atoms with van der Waals surface area (Å²) in [5.74, 6) is 0.919. The van der Waals surface area contributed by atoms with Crippen LogP contribution in [0.25, 0.3) is 5.57 Å². The molecule has 0 spiro atoms. The molecule has 0 bridgehead atoms. The van der Waals surface area contributed by atoms with Crippen LogP contribution in [-0.2, 0) is 4.74 Å². The van der Waals surface area contributed by atoms with Crippen molar-refractivity contribution in [3.63, 3.8) is 0 Å². The third kappa shape index (κ3) is 2.47. The number of aryl methyl sites for hydroxylation is 1. The average molecular weight is 245 g/mol. The Morgan fingerprint density at radius 3 is 2.89 bits per heavy atom. The molecule has 4 heteroatoms. The van der Waals surface area contributed by atoms with Gasteiger partial charge in [-0.3, -0.25) is 9.78 Å². The van der Waals surface area contributed by atoms with Crippen molar-refractivity contribution < 1.29 is 14.1 Å². The van der Waals surface area contributed by atoms with Crippen LogP contribution in [0.3, 0.4) is 0 Å². The van der Waals surface area contributed by atoms with Gasteiger partial charge in [0.25, 0.3) is 0 Å². The number of nitrogens with zero attached hydrogens (tertiary/aromatic N) is 2. The number of ether oxygens (including phenoxy) is 1. The predicted octanol–water partition coefficient (Wildman–Crippen LogP) is 1.68. The second-order valence-corrected chi connectivity index (χ2v) is 4.45. The molecule has 1 aliphatic heterocycles. The maximum Gasteiger partial charge on any atom is 0.176 e. The molecule has 0 saturated carbocycles. The van der Waals surface area contributed by atoms with Crippen molar-refractivity contribution in [1.29, 1.82) is 0 Å². The number of carbonyl (C=O) groups is 1. The van der Waals surface area contributed by atoms with Crippen molar-refractivity contribution in [2.75, 3.05) is 20.7 Å².